The lowest BCUT2D eigenvalue weighted by Gasteiger charge is -2.15. The number of carbonyl (C=O) groups excluding carboxylic acids is 1. The molecule has 50 valence electrons. The van der Waals surface area contributed by atoms with Gasteiger partial charge < -0.3 is 0 Å². The van der Waals surface area contributed by atoms with E-state index in [0.29, 0.717) is 6.42 Å². The molecule has 0 aromatic carbocycles. The van der Waals surface area contributed by atoms with Crippen LogP contribution in [0, 0.1) is 0 Å². The Morgan fingerprint density at radius 3 is 2.44 bits per heavy atom. The van der Waals surface area contributed by atoms with Gasteiger partial charge in [0.2, 0.25) is 0 Å². The van der Waals surface area contributed by atoms with Crippen LogP contribution in [-0.2, 0) is 4.79 Å². The Hall–Kier alpha value is -0.410. The summed E-state index contributed by atoms with van der Waals surface area (Å²) in [5.74, 6) is -0.111. The quantitative estimate of drug-likeness (QED) is 0.485. The predicted octanol–water partition coefficient (Wildman–Crippen LogP) is -0.278. The Morgan fingerprint density at radius 2 is 2.33 bits per heavy atom. The molecule has 1 atom stereocenters. The van der Waals surface area contributed by atoms with Crippen molar-refractivity contribution in [3.8, 4) is 0 Å². The second-order valence-corrected chi connectivity index (χ2v) is 3.07. The highest BCUT2D eigenvalue weighted by molar-refractivity contribution is 5.86. The van der Waals surface area contributed by atoms with Gasteiger partial charge in [0.15, 0.2) is 11.9 Å². The second kappa shape index (κ2) is 1.78. The fourth-order valence-electron chi connectivity index (χ4n) is 1.03. The topological polar surface area (TPSA) is 51.4 Å². The van der Waals surface area contributed by atoms with E-state index in [-0.39, 0.29) is 11.3 Å². The molecule has 9 heavy (non-hydrogen) atoms. The number of ketones is 1. The first-order valence-corrected chi connectivity index (χ1v) is 3.00. The van der Waals surface area contributed by atoms with Crippen molar-refractivity contribution in [1.82, 2.24) is 11.1 Å². The third kappa shape index (κ3) is 1.28. The molecule has 0 aromatic heterocycles. The molecular weight excluding hydrogens is 116 g/mol. The highest BCUT2D eigenvalue weighted by atomic mass is 16.1. The normalized spacial score (nSPS) is 33.2. The lowest BCUT2D eigenvalue weighted by atomic mass is 10.0. The summed E-state index contributed by atoms with van der Waals surface area (Å²) in [4.78, 5) is 10.7. The summed E-state index contributed by atoms with van der Waals surface area (Å²) in [6.07, 6.45) is -0.506. The van der Waals surface area contributed by atoms with Crippen molar-refractivity contribution in [2.45, 2.75) is 32.0 Å². The van der Waals surface area contributed by atoms with Crippen LogP contribution in [0.4, 0.5) is 0 Å². The van der Waals surface area contributed by atoms with Crippen molar-refractivity contribution in [3.63, 3.8) is 0 Å². The van der Waals surface area contributed by atoms with E-state index in [0.717, 1.165) is 0 Å². The summed E-state index contributed by atoms with van der Waals surface area (Å²) in [5, 5.41) is 2.75. The van der Waals surface area contributed by atoms with Crippen molar-refractivity contribution in [3.05, 3.63) is 0 Å². The minimum Gasteiger partial charge on any atom is -0.296 e. The highest BCUT2D eigenvalue weighted by Crippen LogP contribution is 2.16. The molecule has 3 heteroatoms. The smallest absolute Gasteiger partial charge is 0.169 e. The Labute approximate surface area is 54.6 Å². The van der Waals surface area contributed by atoms with Gasteiger partial charge in [-0.2, -0.15) is 0 Å². The number of Topliss-reactive ketones (excluding diaryl/α,β-unsaturated/α-hetero) is 1. The lowest BCUT2D eigenvalue weighted by Crippen LogP contribution is -2.38. The molecule has 1 saturated heterocycles. The largest absolute Gasteiger partial charge is 0.296 e. The molecule has 0 bridgehead atoms. The molecule has 0 aliphatic carbocycles. The highest BCUT2D eigenvalue weighted by Gasteiger charge is 2.35. The zero-order valence-corrected chi connectivity index (χ0v) is 5.64. The molecule has 1 unspecified atom stereocenters. The number of hydrogen-bond acceptors (Lipinski definition) is 2. The molecule has 1 fully saturated rings. The Kier molecular flexibility index (Phi) is 1.33. The van der Waals surface area contributed by atoms with Crippen LogP contribution in [0.2, 0.25) is 0 Å². The number of nitrogens with zero attached hydrogens (tertiary/aromatic N) is 1. The van der Waals surface area contributed by atoms with Crippen molar-refractivity contribution in [2.24, 2.45) is 0 Å². The monoisotopic (exact) mass is 126 g/mol. The molecule has 0 saturated carbocycles. The van der Waals surface area contributed by atoms with Crippen LogP contribution >= 0.6 is 0 Å². The maximum atomic E-state index is 10.7. The summed E-state index contributed by atoms with van der Waals surface area (Å²) in [7, 11) is 0. The van der Waals surface area contributed by atoms with Crippen molar-refractivity contribution in [2.75, 3.05) is 0 Å². The molecule has 1 N–H and O–H groups in total. The average Bonchev–Trinajstić information content (AvgIpc) is 1.79. The Morgan fingerprint density at radius 1 is 1.78 bits per heavy atom. The molecule has 0 amide bonds. The van der Waals surface area contributed by atoms with Crippen molar-refractivity contribution in [1.29, 1.82) is 0 Å². The van der Waals surface area contributed by atoms with Crippen molar-refractivity contribution >= 4 is 5.78 Å². The number of carbonyl (C=O) groups is 1. The summed E-state index contributed by atoms with van der Waals surface area (Å²) >= 11 is 0. The van der Waals surface area contributed by atoms with Crippen LogP contribution < -0.4 is 11.1 Å². The molecule has 2 radical (unpaired) electrons. The SMILES string of the molecule is CC1(C)CC(=O)C([N])N1. The van der Waals surface area contributed by atoms with Crippen molar-refractivity contribution < 1.29 is 4.79 Å². The zero-order valence-electron chi connectivity index (χ0n) is 5.64. The minimum absolute atomic E-state index is 0.111. The number of hydrogen-bond donors (Lipinski definition) is 1. The minimum atomic E-state index is -0.931. The van der Waals surface area contributed by atoms with Crippen LogP contribution in [0.5, 0.6) is 0 Å². The lowest BCUT2D eigenvalue weighted by molar-refractivity contribution is -0.118. The summed E-state index contributed by atoms with van der Waals surface area (Å²) in [6, 6.07) is 0. The molecule has 1 rings (SSSR count). The van der Waals surface area contributed by atoms with Gasteiger partial charge in [0.1, 0.15) is 0 Å². The zero-order chi connectivity index (χ0) is 7.07. The van der Waals surface area contributed by atoms with Crippen LogP contribution in [-0.4, -0.2) is 17.5 Å². The van der Waals surface area contributed by atoms with Gasteiger partial charge in [0, 0.05) is 12.0 Å². The van der Waals surface area contributed by atoms with E-state index >= 15 is 0 Å². The molecule has 1 heterocycles. The van der Waals surface area contributed by atoms with Gasteiger partial charge in [-0.3, -0.25) is 10.1 Å². The summed E-state index contributed by atoms with van der Waals surface area (Å²) in [6.45, 7) is 3.78. The second-order valence-electron chi connectivity index (χ2n) is 3.07. The predicted molar refractivity (Wildman–Crippen MR) is 32.8 cm³/mol. The maximum absolute atomic E-state index is 10.7. The maximum Gasteiger partial charge on any atom is 0.169 e. The van der Waals surface area contributed by atoms with Crippen LogP contribution in [0.3, 0.4) is 0 Å². The van der Waals surface area contributed by atoms with E-state index in [4.69, 9.17) is 5.73 Å². The number of nitrogens with one attached hydrogen (secondary N) is 1. The molecule has 3 nitrogen and oxygen atoms in total. The first-order valence-electron chi connectivity index (χ1n) is 3.00. The molecule has 1 aliphatic heterocycles. The van der Waals surface area contributed by atoms with Gasteiger partial charge in [0.05, 0.1) is 0 Å². The Bertz CT molecular complexity index is 142. The van der Waals surface area contributed by atoms with Gasteiger partial charge in [-0.05, 0) is 13.8 Å². The Balaban J connectivity index is 2.65. The fourth-order valence-corrected chi connectivity index (χ4v) is 1.03. The summed E-state index contributed by atoms with van der Waals surface area (Å²) in [5.41, 5.74) is 8.66. The third-order valence-corrected chi connectivity index (χ3v) is 1.45. The van der Waals surface area contributed by atoms with Gasteiger partial charge in [-0.1, -0.05) is 0 Å². The summed E-state index contributed by atoms with van der Waals surface area (Å²) < 4.78 is 0. The molecule has 1 aliphatic rings. The van der Waals surface area contributed by atoms with Crippen LogP contribution in [0.25, 0.3) is 0 Å². The van der Waals surface area contributed by atoms with Crippen LogP contribution in [0.1, 0.15) is 20.3 Å². The van der Waals surface area contributed by atoms with Gasteiger partial charge >= 0.3 is 0 Å². The van der Waals surface area contributed by atoms with Gasteiger partial charge in [0.25, 0.3) is 0 Å². The third-order valence-electron chi connectivity index (χ3n) is 1.45. The van der Waals surface area contributed by atoms with E-state index in [2.05, 4.69) is 5.32 Å². The van der Waals surface area contributed by atoms with Gasteiger partial charge in [-0.25, -0.2) is 0 Å². The van der Waals surface area contributed by atoms with Gasteiger partial charge in [-0.15, -0.1) is 5.73 Å². The first kappa shape index (κ1) is 6.71. The van der Waals surface area contributed by atoms with E-state index in [1.807, 2.05) is 13.8 Å². The van der Waals surface area contributed by atoms with E-state index in [9.17, 15) is 4.79 Å². The van der Waals surface area contributed by atoms with Crippen LogP contribution in [0.15, 0.2) is 0 Å². The fraction of sp³-hybridized carbons (Fsp3) is 0.833. The molecular formula is C6H10N2O. The molecule has 0 aromatic rings. The first-order chi connectivity index (χ1) is 4.01. The molecule has 0 spiro atoms. The average molecular weight is 126 g/mol. The number of rotatable bonds is 0. The van der Waals surface area contributed by atoms with E-state index < -0.39 is 6.17 Å². The standard InChI is InChI=1S/C6H10N2O/c1-6(2)3-4(9)5(7)8-6/h5,8H,3H2,1-2H3. The van der Waals surface area contributed by atoms with E-state index in [1.54, 1.807) is 0 Å². The van der Waals surface area contributed by atoms with E-state index in [1.165, 1.54) is 0 Å².